The van der Waals surface area contributed by atoms with Crippen LogP contribution in [0.5, 0.6) is 5.75 Å². The molecule has 3 rings (SSSR count). The van der Waals surface area contributed by atoms with Crippen molar-refractivity contribution in [1.29, 1.82) is 0 Å². The zero-order valence-corrected chi connectivity index (χ0v) is 12.6. The quantitative estimate of drug-likeness (QED) is 0.878. The highest BCUT2D eigenvalue weighted by molar-refractivity contribution is 6.30. The van der Waals surface area contributed by atoms with Crippen LogP contribution in [0.25, 0.3) is 0 Å². The standard InChI is InChI=1S/C16H20ClNO3/c17-12-4-5-15-11(6-12)7-13(21-15)9-18-8-10-2-1-3-14(10)16(19)20/h4-6,10,13-14,18H,1-3,7-9H2,(H,19,20). The summed E-state index contributed by atoms with van der Waals surface area (Å²) in [7, 11) is 0. The van der Waals surface area contributed by atoms with Gasteiger partial charge in [0.2, 0.25) is 0 Å². The number of hydrogen-bond acceptors (Lipinski definition) is 3. The van der Waals surface area contributed by atoms with Crippen molar-refractivity contribution in [3.05, 3.63) is 28.8 Å². The van der Waals surface area contributed by atoms with E-state index in [9.17, 15) is 9.90 Å². The van der Waals surface area contributed by atoms with Crippen LogP contribution in [0.15, 0.2) is 18.2 Å². The molecule has 2 aliphatic rings. The molecule has 1 aromatic rings. The number of nitrogens with one attached hydrogen (secondary N) is 1. The maximum Gasteiger partial charge on any atom is 0.306 e. The second kappa shape index (κ2) is 6.24. The first-order chi connectivity index (χ1) is 10.1. The first kappa shape index (κ1) is 14.7. The Hall–Kier alpha value is -1.26. The van der Waals surface area contributed by atoms with E-state index in [1.165, 1.54) is 0 Å². The number of carboxylic acid groups (broad SMARTS) is 1. The normalized spacial score (nSPS) is 27.4. The Morgan fingerprint density at radius 1 is 1.38 bits per heavy atom. The fraction of sp³-hybridized carbons (Fsp3) is 0.562. The van der Waals surface area contributed by atoms with E-state index in [-0.39, 0.29) is 17.9 Å². The van der Waals surface area contributed by atoms with E-state index >= 15 is 0 Å². The van der Waals surface area contributed by atoms with E-state index in [2.05, 4.69) is 5.32 Å². The predicted molar refractivity (Wildman–Crippen MR) is 80.9 cm³/mol. The Bertz CT molecular complexity index is 534. The molecule has 4 nitrogen and oxygen atoms in total. The van der Waals surface area contributed by atoms with Gasteiger partial charge in [-0.25, -0.2) is 0 Å². The monoisotopic (exact) mass is 309 g/mol. The lowest BCUT2D eigenvalue weighted by Gasteiger charge is -2.18. The van der Waals surface area contributed by atoms with Crippen molar-refractivity contribution in [1.82, 2.24) is 5.32 Å². The van der Waals surface area contributed by atoms with Crippen LogP contribution in [0, 0.1) is 11.8 Å². The molecular weight excluding hydrogens is 290 g/mol. The summed E-state index contributed by atoms with van der Waals surface area (Å²) in [5.74, 6) is 0.327. The number of carbonyl (C=O) groups is 1. The Labute approximate surface area is 129 Å². The molecule has 3 atom stereocenters. The van der Waals surface area contributed by atoms with Gasteiger partial charge in [-0.3, -0.25) is 4.79 Å². The summed E-state index contributed by atoms with van der Waals surface area (Å²) < 4.78 is 5.86. The maximum absolute atomic E-state index is 11.1. The van der Waals surface area contributed by atoms with Gasteiger partial charge in [0.05, 0.1) is 5.92 Å². The molecule has 0 radical (unpaired) electrons. The molecule has 114 valence electrons. The molecular formula is C16H20ClNO3. The lowest BCUT2D eigenvalue weighted by atomic mass is 9.96. The second-order valence-electron chi connectivity index (χ2n) is 5.99. The van der Waals surface area contributed by atoms with Crippen LogP contribution in [0.3, 0.4) is 0 Å². The van der Waals surface area contributed by atoms with E-state index in [0.717, 1.165) is 55.1 Å². The average molecular weight is 310 g/mol. The summed E-state index contributed by atoms with van der Waals surface area (Å²) in [5, 5.41) is 13.3. The van der Waals surface area contributed by atoms with E-state index in [1.54, 1.807) is 0 Å². The molecule has 21 heavy (non-hydrogen) atoms. The van der Waals surface area contributed by atoms with Gasteiger partial charge in [0.25, 0.3) is 0 Å². The molecule has 1 aromatic carbocycles. The average Bonchev–Trinajstić information content (AvgIpc) is 3.04. The minimum Gasteiger partial charge on any atom is -0.488 e. The number of halogens is 1. The minimum atomic E-state index is -0.654. The fourth-order valence-corrected chi connectivity index (χ4v) is 3.63. The molecule has 0 bridgehead atoms. The molecule has 1 saturated carbocycles. The summed E-state index contributed by atoms with van der Waals surface area (Å²) in [6.07, 6.45) is 3.81. The lowest BCUT2D eigenvalue weighted by Crippen LogP contribution is -2.35. The first-order valence-electron chi connectivity index (χ1n) is 7.52. The highest BCUT2D eigenvalue weighted by Crippen LogP contribution is 2.32. The zero-order valence-electron chi connectivity index (χ0n) is 11.8. The Morgan fingerprint density at radius 2 is 2.24 bits per heavy atom. The van der Waals surface area contributed by atoms with Crippen LogP contribution in [0.2, 0.25) is 5.02 Å². The molecule has 1 aliphatic carbocycles. The number of ether oxygens (including phenoxy) is 1. The summed E-state index contributed by atoms with van der Waals surface area (Å²) in [6.45, 7) is 1.50. The maximum atomic E-state index is 11.1. The molecule has 1 aliphatic heterocycles. The molecule has 2 N–H and O–H groups in total. The molecule has 0 amide bonds. The van der Waals surface area contributed by atoms with Gasteiger partial charge < -0.3 is 15.2 Å². The summed E-state index contributed by atoms with van der Waals surface area (Å²) in [4.78, 5) is 11.1. The number of hydrogen-bond donors (Lipinski definition) is 2. The molecule has 1 heterocycles. The number of fused-ring (bicyclic) bond motifs is 1. The van der Waals surface area contributed by atoms with Gasteiger partial charge in [-0.05, 0) is 49.1 Å². The molecule has 1 fully saturated rings. The molecule has 0 spiro atoms. The van der Waals surface area contributed by atoms with E-state index < -0.39 is 5.97 Å². The van der Waals surface area contributed by atoms with Crippen molar-refractivity contribution >= 4 is 17.6 Å². The van der Waals surface area contributed by atoms with Crippen LogP contribution in [-0.2, 0) is 11.2 Å². The molecule has 3 unspecified atom stereocenters. The topological polar surface area (TPSA) is 58.6 Å². The van der Waals surface area contributed by atoms with Gasteiger partial charge in [-0.1, -0.05) is 18.0 Å². The smallest absolute Gasteiger partial charge is 0.306 e. The SMILES string of the molecule is O=C(O)C1CCCC1CNCC1Cc2cc(Cl)ccc2O1. The Morgan fingerprint density at radius 3 is 3.05 bits per heavy atom. The van der Waals surface area contributed by atoms with Crippen molar-refractivity contribution in [2.45, 2.75) is 31.8 Å². The second-order valence-corrected chi connectivity index (χ2v) is 6.43. The number of aliphatic carboxylic acids is 1. The number of benzene rings is 1. The number of rotatable bonds is 5. The van der Waals surface area contributed by atoms with Crippen molar-refractivity contribution < 1.29 is 14.6 Å². The largest absolute Gasteiger partial charge is 0.488 e. The number of carboxylic acids is 1. The molecule has 5 heteroatoms. The Kier molecular flexibility index (Phi) is 4.36. The van der Waals surface area contributed by atoms with Gasteiger partial charge >= 0.3 is 5.97 Å². The van der Waals surface area contributed by atoms with Gasteiger partial charge in [0, 0.05) is 18.0 Å². The van der Waals surface area contributed by atoms with Gasteiger partial charge in [-0.2, -0.15) is 0 Å². The van der Waals surface area contributed by atoms with Crippen LogP contribution < -0.4 is 10.1 Å². The van der Waals surface area contributed by atoms with Crippen LogP contribution >= 0.6 is 11.6 Å². The lowest BCUT2D eigenvalue weighted by molar-refractivity contribution is -0.142. The third kappa shape index (κ3) is 3.33. The first-order valence-corrected chi connectivity index (χ1v) is 7.90. The van der Waals surface area contributed by atoms with Gasteiger partial charge in [-0.15, -0.1) is 0 Å². The van der Waals surface area contributed by atoms with Crippen LogP contribution in [0.4, 0.5) is 0 Å². The third-order valence-electron chi connectivity index (χ3n) is 4.52. The van der Waals surface area contributed by atoms with E-state index in [0.29, 0.717) is 0 Å². The Balaban J connectivity index is 1.46. The summed E-state index contributed by atoms with van der Waals surface area (Å²) in [5.41, 5.74) is 1.15. The zero-order chi connectivity index (χ0) is 14.8. The third-order valence-corrected chi connectivity index (χ3v) is 4.75. The molecule has 0 saturated heterocycles. The van der Waals surface area contributed by atoms with Crippen molar-refractivity contribution in [2.24, 2.45) is 11.8 Å². The highest BCUT2D eigenvalue weighted by atomic mass is 35.5. The van der Waals surface area contributed by atoms with E-state index in [4.69, 9.17) is 16.3 Å². The molecule has 0 aromatic heterocycles. The highest BCUT2D eigenvalue weighted by Gasteiger charge is 2.32. The van der Waals surface area contributed by atoms with Gasteiger partial charge in [0.15, 0.2) is 0 Å². The van der Waals surface area contributed by atoms with Crippen molar-refractivity contribution in [3.8, 4) is 5.75 Å². The predicted octanol–water partition coefficient (Wildman–Crippen LogP) is 2.73. The minimum absolute atomic E-state index is 0.114. The summed E-state index contributed by atoms with van der Waals surface area (Å²) in [6, 6.07) is 5.70. The van der Waals surface area contributed by atoms with Crippen LogP contribution in [0.1, 0.15) is 24.8 Å². The van der Waals surface area contributed by atoms with Crippen molar-refractivity contribution in [3.63, 3.8) is 0 Å². The summed E-state index contributed by atoms with van der Waals surface area (Å²) >= 11 is 5.98. The van der Waals surface area contributed by atoms with E-state index in [1.807, 2.05) is 18.2 Å². The van der Waals surface area contributed by atoms with Crippen LogP contribution in [-0.4, -0.2) is 30.3 Å². The van der Waals surface area contributed by atoms with Gasteiger partial charge in [0.1, 0.15) is 11.9 Å². The van der Waals surface area contributed by atoms with Crippen molar-refractivity contribution in [2.75, 3.05) is 13.1 Å². The fourth-order valence-electron chi connectivity index (χ4n) is 3.44.